The number of hydrogen-bond acceptors (Lipinski definition) is 4. The lowest BCUT2D eigenvalue weighted by Crippen LogP contribution is -2.53. The van der Waals surface area contributed by atoms with Crippen LogP contribution in [0.25, 0.3) is 0 Å². The van der Waals surface area contributed by atoms with Crippen molar-refractivity contribution in [3.05, 3.63) is 59.5 Å². The highest BCUT2D eigenvalue weighted by Crippen LogP contribution is 2.19. The van der Waals surface area contributed by atoms with Gasteiger partial charge < -0.3 is 19.5 Å². The zero-order valence-corrected chi connectivity index (χ0v) is 19.3. The van der Waals surface area contributed by atoms with Gasteiger partial charge in [-0.3, -0.25) is 14.7 Å². The molecule has 2 aromatic rings. The molecule has 1 amide bonds. The number of likely N-dealkylation sites (tertiary alicyclic amines) is 1. The average molecular weight is 438 g/mol. The first-order valence-corrected chi connectivity index (χ1v) is 11.7. The third-order valence-electron chi connectivity index (χ3n) is 6.50. The molecular formula is C25H35N5O2. The predicted octanol–water partition coefficient (Wildman–Crippen LogP) is 3.04. The van der Waals surface area contributed by atoms with Gasteiger partial charge in [-0.1, -0.05) is 31.2 Å². The molecule has 0 saturated carbocycles. The quantitative estimate of drug-likeness (QED) is 0.575. The number of aliphatic imine (C=N–C) groups is 1. The first-order chi connectivity index (χ1) is 15.6. The smallest absolute Gasteiger partial charge is 0.289 e. The van der Waals surface area contributed by atoms with E-state index >= 15 is 0 Å². The molecule has 172 valence electrons. The summed E-state index contributed by atoms with van der Waals surface area (Å²) < 4.78 is 5.26. The highest BCUT2D eigenvalue weighted by atomic mass is 16.3. The van der Waals surface area contributed by atoms with Crippen molar-refractivity contribution in [1.82, 2.24) is 20.0 Å². The molecule has 2 fully saturated rings. The zero-order valence-electron chi connectivity index (χ0n) is 19.3. The van der Waals surface area contributed by atoms with E-state index in [9.17, 15) is 4.79 Å². The summed E-state index contributed by atoms with van der Waals surface area (Å²) in [6, 6.07) is 12.2. The number of carbonyl (C=O) groups is 1. The maximum Gasteiger partial charge on any atom is 0.289 e. The van der Waals surface area contributed by atoms with Crippen molar-refractivity contribution in [2.75, 3.05) is 46.3 Å². The van der Waals surface area contributed by atoms with Crippen LogP contribution in [0.2, 0.25) is 0 Å². The second-order valence-electron chi connectivity index (χ2n) is 8.91. The van der Waals surface area contributed by atoms with Crippen LogP contribution in [0, 0.1) is 5.92 Å². The van der Waals surface area contributed by atoms with Gasteiger partial charge in [0.25, 0.3) is 5.91 Å². The van der Waals surface area contributed by atoms with E-state index in [1.807, 2.05) is 11.9 Å². The van der Waals surface area contributed by atoms with Gasteiger partial charge in [-0.25, -0.2) is 0 Å². The second-order valence-corrected chi connectivity index (χ2v) is 8.91. The summed E-state index contributed by atoms with van der Waals surface area (Å²) in [6.07, 6.45) is 4.18. The fourth-order valence-electron chi connectivity index (χ4n) is 4.74. The van der Waals surface area contributed by atoms with Crippen molar-refractivity contribution in [2.45, 2.75) is 32.9 Å². The SMILES string of the molecule is CN=C(NCc1ccccc1CN1CCCC(C)C1)N1CCN(C(=O)c2ccco2)CC1. The lowest BCUT2D eigenvalue weighted by atomic mass is 9.99. The number of piperidine rings is 1. The molecule has 2 aliphatic rings. The summed E-state index contributed by atoms with van der Waals surface area (Å²) in [6.45, 7) is 9.30. The van der Waals surface area contributed by atoms with Gasteiger partial charge in [-0.15, -0.1) is 0 Å². The average Bonchev–Trinajstić information content (AvgIpc) is 3.35. The van der Waals surface area contributed by atoms with Crippen LogP contribution < -0.4 is 5.32 Å². The first-order valence-electron chi connectivity index (χ1n) is 11.7. The summed E-state index contributed by atoms with van der Waals surface area (Å²) in [5.41, 5.74) is 2.71. The molecule has 1 aromatic heterocycles. The Kier molecular flexibility index (Phi) is 7.47. The Hall–Kier alpha value is -2.80. The maximum atomic E-state index is 12.5. The van der Waals surface area contributed by atoms with Gasteiger partial charge in [0.1, 0.15) is 0 Å². The number of nitrogens with one attached hydrogen (secondary N) is 1. The van der Waals surface area contributed by atoms with Crippen molar-refractivity contribution in [3.63, 3.8) is 0 Å². The molecule has 3 heterocycles. The van der Waals surface area contributed by atoms with Crippen LogP contribution in [0.3, 0.4) is 0 Å². The molecule has 0 aliphatic carbocycles. The van der Waals surface area contributed by atoms with E-state index in [2.05, 4.69) is 51.3 Å². The molecule has 1 N–H and O–H groups in total. The molecule has 0 radical (unpaired) electrons. The van der Waals surface area contributed by atoms with Gasteiger partial charge in [0.15, 0.2) is 11.7 Å². The number of guanidine groups is 1. The Balaban J connectivity index is 1.31. The number of nitrogens with zero attached hydrogens (tertiary/aromatic N) is 4. The minimum atomic E-state index is -0.0430. The van der Waals surface area contributed by atoms with E-state index in [1.54, 1.807) is 18.4 Å². The van der Waals surface area contributed by atoms with Gasteiger partial charge in [0, 0.05) is 52.9 Å². The van der Waals surface area contributed by atoms with Gasteiger partial charge in [-0.05, 0) is 48.6 Å². The standard InChI is InChI=1S/C25H35N5O2/c1-20-7-5-11-28(18-20)19-22-9-4-3-8-21(22)17-27-25(26-2)30-14-12-29(13-15-30)24(31)23-10-6-16-32-23/h3-4,6,8-10,16,20H,5,7,11-15,17-19H2,1-2H3,(H,26,27). The maximum absolute atomic E-state index is 12.5. The van der Waals surface area contributed by atoms with E-state index in [4.69, 9.17) is 4.42 Å². The number of hydrogen-bond donors (Lipinski definition) is 1. The lowest BCUT2D eigenvalue weighted by Gasteiger charge is -2.36. The Bertz CT molecular complexity index is 903. The van der Waals surface area contributed by atoms with Crippen LogP contribution in [0.1, 0.15) is 41.4 Å². The summed E-state index contributed by atoms with van der Waals surface area (Å²) >= 11 is 0. The minimum Gasteiger partial charge on any atom is -0.459 e. The van der Waals surface area contributed by atoms with Gasteiger partial charge >= 0.3 is 0 Å². The fraction of sp³-hybridized carbons (Fsp3) is 0.520. The van der Waals surface area contributed by atoms with Gasteiger partial charge in [-0.2, -0.15) is 0 Å². The Labute approximate surface area is 191 Å². The zero-order chi connectivity index (χ0) is 22.3. The summed E-state index contributed by atoms with van der Waals surface area (Å²) in [5.74, 6) is 2.03. The summed E-state index contributed by atoms with van der Waals surface area (Å²) in [7, 11) is 1.82. The largest absolute Gasteiger partial charge is 0.459 e. The monoisotopic (exact) mass is 437 g/mol. The molecule has 32 heavy (non-hydrogen) atoms. The van der Waals surface area contributed by atoms with Crippen molar-refractivity contribution in [3.8, 4) is 0 Å². The molecule has 7 heteroatoms. The van der Waals surface area contributed by atoms with Crippen LogP contribution in [0.15, 0.2) is 52.1 Å². The first kappa shape index (κ1) is 22.4. The van der Waals surface area contributed by atoms with Crippen LogP contribution in [-0.2, 0) is 13.1 Å². The normalized spacial score (nSPS) is 20.4. The van der Waals surface area contributed by atoms with Crippen LogP contribution in [0.5, 0.6) is 0 Å². The number of piperazine rings is 1. The van der Waals surface area contributed by atoms with Crippen molar-refractivity contribution < 1.29 is 9.21 Å². The topological polar surface area (TPSA) is 64.3 Å². The third-order valence-corrected chi connectivity index (χ3v) is 6.50. The number of benzene rings is 1. The summed E-state index contributed by atoms with van der Waals surface area (Å²) in [4.78, 5) is 23.7. The summed E-state index contributed by atoms with van der Waals surface area (Å²) in [5, 5.41) is 3.55. The molecule has 0 bridgehead atoms. The Morgan fingerprint density at radius 3 is 2.50 bits per heavy atom. The number of carbonyl (C=O) groups excluding carboxylic acids is 1. The molecule has 7 nitrogen and oxygen atoms in total. The Morgan fingerprint density at radius 1 is 1.06 bits per heavy atom. The predicted molar refractivity (Wildman–Crippen MR) is 127 cm³/mol. The molecule has 2 aliphatic heterocycles. The van der Waals surface area contributed by atoms with E-state index < -0.39 is 0 Å². The van der Waals surface area contributed by atoms with E-state index in [1.165, 1.54) is 37.1 Å². The molecule has 4 rings (SSSR count). The van der Waals surface area contributed by atoms with Crippen LogP contribution in [0.4, 0.5) is 0 Å². The van der Waals surface area contributed by atoms with Gasteiger partial charge in [0.05, 0.1) is 6.26 Å². The molecular weight excluding hydrogens is 402 g/mol. The highest BCUT2D eigenvalue weighted by molar-refractivity contribution is 5.91. The number of amides is 1. The third kappa shape index (κ3) is 5.51. The fourth-order valence-corrected chi connectivity index (χ4v) is 4.74. The lowest BCUT2D eigenvalue weighted by molar-refractivity contribution is 0.0657. The highest BCUT2D eigenvalue weighted by Gasteiger charge is 2.25. The van der Waals surface area contributed by atoms with E-state index in [0.29, 0.717) is 18.8 Å². The van der Waals surface area contributed by atoms with Crippen LogP contribution >= 0.6 is 0 Å². The molecule has 0 spiro atoms. The molecule has 1 unspecified atom stereocenters. The van der Waals surface area contributed by atoms with Crippen molar-refractivity contribution in [1.29, 1.82) is 0 Å². The number of furan rings is 1. The molecule has 2 saturated heterocycles. The molecule has 1 atom stereocenters. The van der Waals surface area contributed by atoms with E-state index in [-0.39, 0.29) is 5.91 Å². The second kappa shape index (κ2) is 10.7. The van der Waals surface area contributed by atoms with Gasteiger partial charge in [0.2, 0.25) is 0 Å². The van der Waals surface area contributed by atoms with Crippen molar-refractivity contribution in [2.24, 2.45) is 10.9 Å². The number of rotatable bonds is 5. The minimum absolute atomic E-state index is 0.0430. The Morgan fingerprint density at radius 2 is 1.81 bits per heavy atom. The van der Waals surface area contributed by atoms with Crippen molar-refractivity contribution >= 4 is 11.9 Å². The van der Waals surface area contributed by atoms with Crippen LogP contribution in [-0.4, -0.2) is 72.9 Å². The van der Waals surface area contributed by atoms with E-state index in [0.717, 1.165) is 38.1 Å². The molecule has 1 aromatic carbocycles.